The zero-order valence-electron chi connectivity index (χ0n) is 13.5. The molecule has 9 nitrogen and oxygen atoms in total. The van der Waals surface area contributed by atoms with Crippen LogP contribution in [0.5, 0.6) is 0 Å². The largest absolute Gasteiger partial charge is 0.480 e. The second kappa shape index (κ2) is 7.27. The highest BCUT2D eigenvalue weighted by Gasteiger charge is 2.55. The van der Waals surface area contributed by atoms with Crippen LogP contribution >= 0.6 is 0 Å². The zero-order valence-corrected chi connectivity index (χ0v) is 13.5. The number of aliphatic carboxylic acids is 1. The first-order chi connectivity index (χ1) is 11.8. The third kappa shape index (κ3) is 3.44. The van der Waals surface area contributed by atoms with Gasteiger partial charge in [0.1, 0.15) is 11.2 Å². The number of carboxylic acid groups (broad SMARTS) is 1. The van der Waals surface area contributed by atoms with Crippen molar-refractivity contribution in [3.63, 3.8) is 0 Å². The summed E-state index contributed by atoms with van der Waals surface area (Å²) in [5.41, 5.74) is 9.72. The highest BCUT2D eigenvalue weighted by atomic mass is 16.4. The second-order valence-corrected chi connectivity index (χ2v) is 5.99. The average molecular weight is 345 g/mol. The predicted molar refractivity (Wildman–Crippen MR) is 85.9 cm³/mol. The van der Waals surface area contributed by atoms with Gasteiger partial charge in [-0.15, -0.1) is 0 Å². The SMILES string of the molecule is N#CCN1CCCC1(C(=O)O)C(Cc1ccnc(C(N)=O)c1)C(N)=O. The molecule has 9 heteroatoms. The molecule has 2 heterocycles. The number of primary amides is 2. The minimum absolute atomic E-state index is 0.00631. The van der Waals surface area contributed by atoms with Crippen molar-refractivity contribution >= 4 is 17.8 Å². The quantitative estimate of drug-likeness (QED) is 0.548. The monoisotopic (exact) mass is 345 g/mol. The van der Waals surface area contributed by atoms with Gasteiger partial charge >= 0.3 is 5.97 Å². The van der Waals surface area contributed by atoms with Crippen molar-refractivity contribution in [2.75, 3.05) is 13.1 Å². The van der Waals surface area contributed by atoms with E-state index in [1.54, 1.807) is 6.07 Å². The van der Waals surface area contributed by atoms with Gasteiger partial charge in [0, 0.05) is 12.7 Å². The Morgan fingerprint density at radius 3 is 2.72 bits per heavy atom. The van der Waals surface area contributed by atoms with E-state index in [9.17, 15) is 19.5 Å². The molecular formula is C16H19N5O4. The van der Waals surface area contributed by atoms with Gasteiger partial charge in [0.05, 0.1) is 18.5 Å². The Kier molecular flexibility index (Phi) is 5.34. The first kappa shape index (κ1) is 18.4. The lowest BCUT2D eigenvalue weighted by molar-refractivity contribution is -0.156. The van der Waals surface area contributed by atoms with Gasteiger partial charge < -0.3 is 16.6 Å². The van der Waals surface area contributed by atoms with Crippen molar-refractivity contribution in [3.05, 3.63) is 29.6 Å². The van der Waals surface area contributed by atoms with Crippen molar-refractivity contribution in [3.8, 4) is 6.07 Å². The third-order valence-corrected chi connectivity index (χ3v) is 4.62. The molecule has 1 aliphatic rings. The molecular weight excluding hydrogens is 326 g/mol. The van der Waals surface area contributed by atoms with E-state index in [2.05, 4.69) is 4.98 Å². The maximum atomic E-state index is 12.1. The Hall–Kier alpha value is -2.99. The predicted octanol–water partition coefficient (Wildman–Crippen LogP) is -0.733. The highest BCUT2D eigenvalue weighted by Crippen LogP contribution is 2.38. The van der Waals surface area contributed by atoms with Crippen LogP contribution in [0.25, 0.3) is 0 Å². The standard InChI is InChI=1S/C16H19N5O4/c17-4-7-21-6-1-3-16(21,15(24)25)11(13(18)22)8-10-2-5-20-12(9-10)14(19)23/h2,5,9,11H,1,3,6-8H2,(H2,18,22)(H2,19,23)(H,24,25). The molecule has 1 saturated heterocycles. The van der Waals surface area contributed by atoms with E-state index in [0.717, 1.165) is 0 Å². The lowest BCUT2D eigenvalue weighted by Crippen LogP contribution is -2.60. The van der Waals surface area contributed by atoms with Crippen LogP contribution in [0.3, 0.4) is 0 Å². The van der Waals surface area contributed by atoms with Crippen LogP contribution in [0.15, 0.2) is 18.3 Å². The van der Waals surface area contributed by atoms with Crippen molar-refractivity contribution < 1.29 is 19.5 Å². The first-order valence-electron chi connectivity index (χ1n) is 7.72. The van der Waals surface area contributed by atoms with Crippen molar-refractivity contribution in [1.29, 1.82) is 5.26 Å². The van der Waals surface area contributed by atoms with Gasteiger partial charge in [0.2, 0.25) is 5.91 Å². The minimum atomic E-state index is -1.54. The molecule has 25 heavy (non-hydrogen) atoms. The molecule has 0 aliphatic carbocycles. The Morgan fingerprint density at radius 2 is 2.16 bits per heavy atom. The number of likely N-dealkylation sites (tertiary alicyclic amines) is 1. The van der Waals surface area contributed by atoms with Crippen LogP contribution in [-0.2, 0) is 16.0 Å². The van der Waals surface area contributed by atoms with E-state index in [-0.39, 0.29) is 25.1 Å². The van der Waals surface area contributed by atoms with E-state index in [1.165, 1.54) is 17.2 Å². The van der Waals surface area contributed by atoms with Gasteiger partial charge in [-0.3, -0.25) is 24.3 Å². The Bertz CT molecular complexity index is 744. The summed E-state index contributed by atoms with van der Waals surface area (Å²) in [6, 6.07) is 4.93. The van der Waals surface area contributed by atoms with Gasteiger partial charge in [-0.1, -0.05) is 0 Å². The Morgan fingerprint density at radius 1 is 1.44 bits per heavy atom. The molecule has 0 radical (unpaired) electrons. The smallest absolute Gasteiger partial charge is 0.325 e. The lowest BCUT2D eigenvalue weighted by Gasteiger charge is -2.38. The van der Waals surface area contributed by atoms with Crippen LogP contribution in [0.2, 0.25) is 0 Å². The number of aromatic nitrogens is 1. The summed E-state index contributed by atoms with van der Waals surface area (Å²) >= 11 is 0. The number of nitriles is 1. The fourth-order valence-electron chi connectivity index (χ4n) is 3.46. The zero-order chi connectivity index (χ0) is 18.6. The van der Waals surface area contributed by atoms with E-state index in [4.69, 9.17) is 16.7 Å². The highest BCUT2D eigenvalue weighted by molar-refractivity contribution is 5.91. The van der Waals surface area contributed by atoms with Gasteiger partial charge in [-0.25, -0.2) is 0 Å². The fourth-order valence-corrected chi connectivity index (χ4v) is 3.46. The molecule has 2 atom stereocenters. The summed E-state index contributed by atoms with van der Waals surface area (Å²) in [6.45, 7) is 0.283. The Balaban J connectivity index is 2.43. The summed E-state index contributed by atoms with van der Waals surface area (Å²) in [5, 5.41) is 18.8. The van der Waals surface area contributed by atoms with E-state index in [0.29, 0.717) is 18.5 Å². The number of carbonyl (C=O) groups is 3. The van der Waals surface area contributed by atoms with Crippen LogP contribution < -0.4 is 11.5 Å². The molecule has 132 valence electrons. The Labute approximate surface area is 144 Å². The lowest BCUT2D eigenvalue weighted by atomic mass is 9.77. The third-order valence-electron chi connectivity index (χ3n) is 4.62. The number of pyridine rings is 1. The molecule has 1 aliphatic heterocycles. The van der Waals surface area contributed by atoms with E-state index >= 15 is 0 Å². The summed E-state index contributed by atoms with van der Waals surface area (Å²) in [5.74, 6) is -3.75. The molecule has 2 unspecified atom stereocenters. The van der Waals surface area contributed by atoms with Gasteiger partial charge in [0.15, 0.2) is 0 Å². The van der Waals surface area contributed by atoms with E-state index < -0.39 is 29.2 Å². The van der Waals surface area contributed by atoms with Gasteiger partial charge in [-0.05, 0) is 37.0 Å². The maximum Gasteiger partial charge on any atom is 0.325 e. The number of hydrogen-bond donors (Lipinski definition) is 3. The molecule has 5 N–H and O–H groups in total. The summed E-state index contributed by atoms with van der Waals surface area (Å²) in [4.78, 5) is 40.8. The molecule has 2 amide bonds. The molecule has 1 aromatic rings. The number of hydrogen-bond acceptors (Lipinski definition) is 6. The minimum Gasteiger partial charge on any atom is -0.480 e. The van der Waals surface area contributed by atoms with Gasteiger partial charge in [-0.2, -0.15) is 5.26 Å². The first-order valence-corrected chi connectivity index (χ1v) is 7.72. The molecule has 0 saturated carbocycles. The summed E-state index contributed by atoms with van der Waals surface area (Å²) in [6.07, 6.45) is 2.13. The van der Waals surface area contributed by atoms with Crippen LogP contribution in [-0.4, -0.2) is 51.4 Å². The van der Waals surface area contributed by atoms with Crippen molar-refractivity contribution in [2.45, 2.75) is 24.8 Å². The molecule has 0 spiro atoms. The second-order valence-electron chi connectivity index (χ2n) is 5.99. The molecule has 1 fully saturated rings. The summed E-state index contributed by atoms with van der Waals surface area (Å²) in [7, 11) is 0. The number of nitrogens with two attached hydrogens (primary N) is 2. The van der Waals surface area contributed by atoms with Crippen LogP contribution in [0.1, 0.15) is 28.9 Å². The topological polar surface area (TPSA) is 163 Å². The van der Waals surface area contributed by atoms with Crippen molar-refractivity contribution in [2.24, 2.45) is 17.4 Å². The number of rotatable bonds is 7. The fraction of sp³-hybridized carbons (Fsp3) is 0.438. The van der Waals surface area contributed by atoms with Crippen molar-refractivity contribution in [1.82, 2.24) is 9.88 Å². The summed E-state index contributed by atoms with van der Waals surface area (Å²) < 4.78 is 0. The maximum absolute atomic E-state index is 12.1. The average Bonchev–Trinajstić information content (AvgIpc) is 2.97. The van der Waals surface area contributed by atoms with E-state index in [1.807, 2.05) is 6.07 Å². The molecule has 1 aromatic heterocycles. The normalized spacial score (nSPS) is 21.4. The van der Waals surface area contributed by atoms with Crippen LogP contribution in [0.4, 0.5) is 0 Å². The molecule has 0 bridgehead atoms. The van der Waals surface area contributed by atoms with Gasteiger partial charge in [0.25, 0.3) is 5.91 Å². The molecule has 2 rings (SSSR count). The molecule has 0 aromatic carbocycles. The number of amides is 2. The number of carboxylic acids is 1. The van der Waals surface area contributed by atoms with Crippen LogP contribution in [0, 0.1) is 17.2 Å². The number of carbonyl (C=O) groups excluding carboxylic acids is 2. The number of nitrogens with zero attached hydrogens (tertiary/aromatic N) is 3.